The number of hydrogen-bond acceptors (Lipinski definition) is 9. The summed E-state index contributed by atoms with van der Waals surface area (Å²) in [7, 11) is -3.90. The van der Waals surface area contributed by atoms with E-state index in [2.05, 4.69) is 19.9 Å². The number of fused-ring (bicyclic) bond motifs is 1. The molecule has 35 heavy (non-hydrogen) atoms. The van der Waals surface area contributed by atoms with Crippen LogP contribution in [0.1, 0.15) is 44.5 Å². The molecule has 0 amide bonds. The zero-order valence-electron chi connectivity index (χ0n) is 19.2. The van der Waals surface area contributed by atoms with E-state index < -0.39 is 33.1 Å². The van der Waals surface area contributed by atoms with Crippen LogP contribution in [0.4, 0.5) is 14.5 Å². The van der Waals surface area contributed by atoms with Gasteiger partial charge in [-0.1, -0.05) is 18.3 Å². The molecule has 3 aromatic rings. The molecule has 1 aliphatic heterocycles. The molecule has 10 nitrogen and oxygen atoms in total. The predicted molar refractivity (Wildman–Crippen MR) is 125 cm³/mol. The Balaban J connectivity index is 1.68. The van der Waals surface area contributed by atoms with Gasteiger partial charge in [-0.3, -0.25) is 4.40 Å². The summed E-state index contributed by atoms with van der Waals surface area (Å²) in [5.74, 6) is 0.223. The van der Waals surface area contributed by atoms with E-state index >= 15 is 0 Å². The highest BCUT2D eigenvalue weighted by molar-refractivity contribution is 7.89. The average molecular weight is 529 g/mol. The van der Waals surface area contributed by atoms with Crippen molar-refractivity contribution in [2.24, 2.45) is 0 Å². The van der Waals surface area contributed by atoms with Crippen LogP contribution >= 0.6 is 11.3 Å². The molecule has 0 unspecified atom stereocenters. The van der Waals surface area contributed by atoms with Crippen molar-refractivity contribution in [2.75, 3.05) is 24.7 Å². The van der Waals surface area contributed by atoms with Crippen molar-refractivity contribution in [3.63, 3.8) is 0 Å². The van der Waals surface area contributed by atoms with Gasteiger partial charge in [0.1, 0.15) is 4.90 Å². The van der Waals surface area contributed by atoms with Gasteiger partial charge < -0.3 is 14.7 Å². The van der Waals surface area contributed by atoms with Crippen LogP contribution in [0.5, 0.6) is 0 Å². The maximum atomic E-state index is 13.3. The Morgan fingerprint density at radius 1 is 1.37 bits per heavy atom. The van der Waals surface area contributed by atoms with Crippen LogP contribution in [-0.2, 0) is 14.8 Å². The fraction of sp³-hybridized carbons (Fsp3) is 0.571. The molecular weight excluding hydrogens is 502 g/mol. The zero-order valence-corrected chi connectivity index (χ0v) is 20.8. The maximum Gasteiger partial charge on any atom is 0.291 e. The summed E-state index contributed by atoms with van der Waals surface area (Å²) in [5.41, 5.74) is 0.700. The highest BCUT2D eigenvalue weighted by atomic mass is 32.2. The fourth-order valence-corrected chi connectivity index (χ4v) is 6.35. The van der Waals surface area contributed by atoms with Gasteiger partial charge in [0.15, 0.2) is 15.8 Å². The molecule has 3 aromatic heterocycles. The van der Waals surface area contributed by atoms with Crippen molar-refractivity contribution in [2.45, 2.75) is 62.1 Å². The Kier molecular flexibility index (Phi) is 6.28. The van der Waals surface area contributed by atoms with Crippen molar-refractivity contribution < 1.29 is 27.0 Å². The number of imidazole rings is 1. The van der Waals surface area contributed by atoms with E-state index in [1.807, 2.05) is 18.7 Å². The van der Waals surface area contributed by atoms with Crippen LogP contribution in [0.25, 0.3) is 16.3 Å². The molecule has 0 radical (unpaired) electrons. The molecule has 5 rings (SSSR count). The average Bonchev–Trinajstić information content (AvgIpc) is 3.21. The Hall–Kier alpha value is -2.26. The van der Waals surface area contributed by atoms with Crippen molar-refractivity contribution in [3.8, 4) is 10.8 Å². The minimum absolute atomic E-state index is 0.0212. The molecule has 2 atom stereocenters. The van der Waals surface area contributed by atoms with E-state index in [1.54, 1.807) is 16.7 Å². The highest BCUT2D eigenvalue weighted by Gasteiger charge is 2.42. The number of nitrogens with one attached hydrogen (secondary N) is 1. The first-order valence-corrected chi connectivity index (χ1v) is 13.6. The van der Waals surface area contributed by atoms with Crippen molar-refractivity contribution >= 4 is 32.6 Å². The van der Waals surface area contributed by atoms with E-state index in [0.717, 1.165) is 19.3 Å². The summed E-state index contributed by atoms with van der Waals surface area (Å²) < 4.78 is 63.0. The molecular formula is C21H26F2N6O4S2. The number of ether oxygens (including phenoxy) is 1. The van der Waals surface area contributed by atoms with E-state index in [1.165, 1.54) is 6.20 Å². The second-order valence-corrected chi connectivity index (χ2v) is 11.9. The Labute approximate surface area is 205 Å². The zero-order chi connectivity index (χ0) is 25.0. The number of hydrogen-bond donors (Lipinski definition) is 2. The van der Waals surface area contributed by atoms with E-state index in [-0.39, 0.29) is 28.4 Å². The SMILES string of the molecule is CC[C@H]1CO[C@H](CO)CN1c1cc(S(=O)(=O)NC2(C)CC2)cn2c(-c3nnc(C(F)F)s3)ncc12. The largest absolute Gasteiger partial charge is 0.394 e. The van der Waals surface area contributed by atoms with Gasteiger partial charge in [-0.15, -0.1) is 10.2 Å². The molecule has 2 N–H and O–H groups in total. The minimum atomic E-state index is -3.90. The quantitative estimate of drug-likeness (QED) is 0.458. The van der Waals surface area contributed by atoms with Gasteiger partial charge in [0.25, 0.3) is 6.43 Å². The molecule has 190 valence electrons. The van der Waals surface area contributed by atoms with E-state index in [0.29, 0.717) is 35.7 Å². The first-order chi connectivity index (χ1) is 16.6. The molecule has 1 aliphatic carbocycles. The van der Waals surface area contributed by atoms with Crippen molar-refractivity contribution in [1.29, 1.82) is 0 Å². The topological polar surface area (TPSA) is 122 Å². The van der Waals surface area contributed by atoms with Crippen LogP contribution < -0.4 is 9.62 Å². The van der Waals surface area contributed by atoms with Crippen LogP contribution in [0.15, 0.2) is 23.4 Å². The minimum Gasteiger partial charge on any atom is -0.394 e. The molecule has 0 aromatic carbocycles. The third-order valence-corrected chi connectivity index (χ3v) is 8.99. The van der Waals surface area contributed by atoms with Crippen LogP contribution in [0.2, 0.25) is 0 Å². The van der Waals surface area contributed by atoms with E-state index in [9.17, 15) is 22.3 Å². The summed E-state index contributed by atoms with van der Waals surface area (Å²) in [6.07, 6.45) is 2.03. The van der Waals surface area contributed by atoms with E-state index in [4.69, 9.17) is 4.74 Å². The lowest BCUT2D eigenvalue weighted by molar-refractivity contribution is -0.0134. The molecule has 2 fully saturated rings. The summed E-state index contributed by atoms with van der Waals surface area (Å²) >= 11 is 0.710. The summed E-state index contributed by atoms with van der Waals surface area (Å²) in [6.45, 7) is 4.40. The van der Waals surface area contributed by atoms with Crippen LogP contribution in [0.3, 0.4) is 0 Å². The number of aliphatic hydroxyl groups is 1. The van der Waals surface area contributed by atoms with Crippen LogP contribution in [0, 0.1) is 0 Å². The number of sulfonamides is 1. The second kappa shape index (κ2) is 9.00. The number of halogens is 2. The normalized spacial score (nSPS) is 22.3. The Morgan fingerprint density at radius 3 is 2.77 bits per heavy atom. The number of alkyl halides is 2. The fourth-order valence-electron chi connectivity index (χ4n) is 4.18. The third kappa shape index (κ3) is 4.65. The number of anilines is 1. The first-order valence-electron chi connectivity index (χ1n) is 11.3. The Morgan fingerprint density at radius 2 is 2.14 bits per heavy atom. The van der Waals surface area contributed by atoms with Gasteiger partial charge in [-0.25, -0.2) is 26.9 Å². The van der Waals surface area contributed by atoms with Gasteiger partial charge in [-0.2, -0.15) is 0 Å². The summed E-state index contributed by atoms with van der Waals surface area (Å²) in [5, 5.41) is 16.8. The summed E-state index contributed by atoms with van der Waals surface area (Å²) in [6, 6.07) is 1.54. The standard InChI is InChI=1S/C21H26F2N6O4S2/c1-3-12-11-33-13(10-30)8-28(12)15-6-14(35(31,32)27-21(2)4-5-21)9-29-16(15)7-24-18(29)20-26-25-19(34-20)17(22)23/h6-7,9,12-13,17,27,30H,3-5,8,10-11H2,1-2H3/t12-,13-/m0/s1. The smallest absolute Gasteiger partial charge is 0.291 e. The van der Waals surface area contributed by atoms with Crippen LogP contribution in [-0.4, -0.2) is 70.5 Å². The number of aromatic nitrogens is 4. The van der Waals surface area contributed by atoms with Gasteiger partial charge in [0.05, 0.1) is 42.8 Å². The Bertz CT molecular complexity index is 1340. The number of aliphatic hydroxyl groups excluding tert-OH is 1. The first kappa shape index (κ1) is 24.4. The molecule has 14 heteroatoms. The lowest BCUT2D eigenvalue weighted by atomic mass is 10.1. The van der Waals surface area contributed by atoms with Crippen molar-refractivity contribution in [1.82, 2.24) is 24.3 Å². The second-order valence-electron chi connectivity index (χ2n) is 9.16. The molecule has 1 saturated heterocycles. The maximum absolute atomic E-state index is 13.3. The number of rotatable bonds is 8. The van der Waals surface area contributed by atoms with Gasteiger partial charge in [-0.05, 0) is 32.3 Å². The van der Waals surface area contributed by atoms with Gasteiger partial charge >= 0.3 is 0 Å². The molecule has 1 saturated carbocycles. The molecule has 0 bridgehead atoms. The third-order valence-electron chi connectivity index (χ3n) is 6.45. The lowest BCUT2D eigenvalue weighted by Gasteiger charge is -2.40. The highest BCUT2D eigenvalue weighted by Crippen LogP contribution is 2.38. The van der Waals surface area contributed by atoms with Crippen molar-refractivity contribution in [3.05, 3.63) is 23.5 Å². The number of nitrogens with zero attached hydrogens (tertiary/aromatic N) is 5. The number of morpholine rings is 1. The van der Waals surface area contributed by atoms with Gasteiger partial charge in [0, 0.05) is 18.3 Å². The molecule has 0 spiro atoms. The monoisotopic (exact) mass is 528 g/mol. The number of pyridine rings is 1. The molecule has 4 heterocycles. The summed E-state index contributed by atoms with van der Waals surface area (Å²) in [4.78, 5) is 6.44. The lowest BCUT2D eigenvalue weighted by Crippen LogP contribution is -2.51. The predicted octanol–water partition coefficient (Wildman–Crippen LogP) is 2.60. The van der Waals surface area contributed by atoms with Gasteiger partial charge in [0.2, 0.25) is 10.0 Å². The molecule has 2 aliphatic rings.